The predicted octanol–water partition coefficient (Wildman–Crippen LogP) is 0.945. The highest BCUT2D eigenvalue weighted by atomic mass is 16.5. The van der Waals surface area contributed by atoms with Crippen LogP contribution >= 0.6 is 0 Å². The van der Waals surface area contributed by atoms with Crippen LogP contribution in [-0.4, -0.2) is 61.3 Å². The van der Waals surface area contributed by atoms with Crippen molar-refractivity contribution in [2.75, 3.05) is 33.5 Å². The van der Waals surface area contributed by atoms with Gasteiger partial charge in [0.1, 0.15) is 11.1 Å². The van der Waals surface area contributed by atoms with Gasteiger partial charge in [-0.2, -0.15) is 0 Å². The molecule has 1 aliphatic heterocycles. The number of rotatable bonds is 8. The number of nitrogens with one attached hydrogen (secondary N) is 1. The van der Waals surface area contributed by atoms with E-state index in [0.29, 0.717) is 39.2 Å². The van der Waals surface area contributed by atoms with Crippen LogP contribution in [-0.2, 0) is 19.1 Å². The summed E-state index contributed by atoms with van der Waals surface area (Å²) in [4.78, 5) is 26.8. The SMILES string of the molecule is CCC1(CC)NC(=O)C(C)(C)N(CCOCCOC)C1=O. The molecule has 0 saturated carbocycles. The summed E-state index contributed by atoms with van der Waals surface area (Å²) in [5.74, 6) is -0.130. The largest absolute Gasteiger partial charge is 0.382 e. The van der Waals surface area contributed by atoms with Crippen molar-refractivity contribution in [1.82, 2.24) is 10.2 Å². The summed E-state index contributed by atoms with van der Waals surface area (Å²) >= 11 is 0. The molecule has 1 aliphatic rings. The van der Waals surface area contributed by atoms with Gasteiger partial charge in [-0.3, -0.25) is 9.59 Å². The molecule has 21 heavy (non-hydrogen) atoms. The molecule has 0 aromatic carbocycles. The number of hydrogen-bond acceptors (Lipinski definition) is 4. The summed E-state index contributed by atoms with van der Waals surface area (Å²) in [5, 5.41) is 2.92. The van der Waals surface area contributed by atoms with Gasteiger partial charge in [-0.1, -0.05) is 13.8 Å². The molecule has 6 heteroatoms. The maximum Gasteiger partial charge on any atom is 0.249 e. The van der Waals surface area contributed by atoms with Gasteiger partial charge in [0.2, 0.25) is 11.8 Å². The van der Waals surface area contributed by atoms with Crippen molar-refractivity contribution in [1.29, 1.82) is 0 Å². The van der Waals surface area contributed by atoms with Gasteiger partial charge in [0, 0.05) is 13.7 Å². The van der Waals surface area contributed by atoms with Gasteiger partial charge in [-0.15, -0.1) is 0 Å². The summed E-state index contributed by atoms with van der Waals surface area (Å²) in [6.45, 7) is 9.19. The first-order valence-electron chi connectivity index (χ1n) is 7.57. The second kappa shape index (κ2) is 7.22. The summed E-state index contributed by atoms with van der Waals surface area (Å²) in [6.07, 6.45) is 1.18. The van der Waals surface area contributed by atoms with Crippen LogP contribution in [0.25, 0.3) is 0 Å². The zero-order chi connectivity index (χ0) is 16.1. The maximum atomic E-state index is 12.8. The lowest BCUT2D eigenvalue weighted by molar-refractivity contribution is -0.162. The fourth-order valence-electron chi connectivity index (χ4n) is 2.57. The lowest BCUT2D eigenvalue weighted by Crippen LogP contribution is -2.74. The normalized spacial score (nSPS) is 20.5. The fourth-order valence-corrected chi connectivity index (χ4v) is 2.57. The maximum absolute atomic E-state index is 12.8. The first-order valence-corrected chi connectivity index (χ1v) is 7.57. The minimum absolute atomic E-state index is 0.0209. The van der Waals surface area contributed by atoms with Crippen LogP contribution in [0.5, 0.6) is 0 Å². The van der Waals surface area contributed by atoms with Gasteiger partial charge in [0.05, 0.1) is 19.8 Å². The molecule has 2 amide bonds. The van der Waals surface area contributed by atoms with E-state index in [0.717, 1.165) is 0 Å². The lowest BCUT2D eigenvalue weighted by atomic mass is 9.83. The van der Waals surface area contributed by atoms with Gasteiger partial charge in [0.25, 0.3) is 0 Å². The van der Waals surface area contributed by atoms with Crippen molar-refractivity contribution >= 4 is 11.8 Å². The minimum atomic E-state index is -0.852. The Kier molecular flexibility index (Phi) is 6.16. The van der Waals surface area contributed by atoms with Crippen LogP contribution in [0.15, 0.2) is 0 Å². The fraction of sp³-hybridized carbons (Fsp3) is 0.867. The third kappa shape index (κ3) is 3.55. The van der Waals surface area contributed by atoms with E-state index >= 15 is 0 Å². The topological polar surface area (TPSA) is 67.9 Å². The number of carbonyl (C=O) groups excluding carboxylic acids is 2. The Morgan fingerprint density at radius 2 is 1.71 bits per heavy atom. The van der Waals surface area contributed by atoms with Crippen molar-refractivity contribution in [2.45, 2.75) is 51.6 Å². The molecule has 0 aromatic heterocycles. The monoisotopic (exact) mass is 300 g/mol. The molecule has 0 aromatic rings. The van der Waals surface area contributed by atoms with E-state index in [1.807, 2.05) is 13.8 Å². The summed E-state index contributed by atoms with van der Waals surface area (Å²) in [5.41, 5.74) is -1.63. The van der Waals surface area contributed by atoms with Crippen LogP contribution in [0.3, 0.4) is 0 Å². The first-order chi connectivity index (χ1) is 9.85. The number of carbonyl (C=O) groups is 2. The van der Waals surface area contributed by atoms with Gasteiger partial charge in [-0.25, -0.2) is 0 Å². The van der Waals surface area contributed by atoms with Crippen LogP contribution < -0.4 is 5.32 Å². The number of amides is 2. The molecule has 0 bridgehead atoms. The highest BCUT2D eigenvalue weighted by Gasteiger charge is 2.52. The van der Waals surface area contributed by atoms with Crippen molar-refractivity contribution in [3.63, 3.8) is 0 Å². The zero-order valence-corrected chi connectivity index (χ0v) is 13.8. The number of methoxy groups -OCH3 is 1. The highest BCUT2D eigenvalue weighted by molar-refractivity contribution is 6.01. The van der Waals surface area contributed by atoms with Gasteiger partial charge in [-0.05, 0) is 26.7 Å². The second-order valence-corrected chi connectivity index (χ2v) is 5.86. The molecular weight excluding hydrogens is 272 g/mol. The molecule has 1 N–H and O–H groups in total. The molecule has 0 radical (unpaired) electrons. The zero-order valence-electron chi connectivity index (χ0n) is 13.8. The molecule has 1 heterocycles. The Morgan fingerprint density at radius 3 is 2.24 bits per heavy atom. The molecule has 0 unspecified atom stereocenters. The molecule has 6 nitrogen and oxygen atoms in total. The Labute approximate surface area is 127 Å². The Bertz CT molecular complexity index is 378. The van der Waals surface area contributed by atoms with Crippen LogP contribution in [0.4, 0.5) is 0 Å². The van der Waals surface area contributed by atoms with Gasteiger partial charge < -0.3 is 19.7 Å². The second-order valence-electron chi connectivity index (χ2n) is 5.86. The van der Waals surface area contributed by atoms with E-state index in [9.17, 15) is 9.59 Å². The van der Waals surface area contributed by atoms with E-state index in [1.165, 1.54) is 0 Å². The summed E-state index contributed by atoms with van der Waals surface area (Å²) in [6, 6.07) is 0. The summed E-state index contributed by atoms with van der Waals surface area (Å²) < 4.78 is 10.3. The first kappa shape index (κ1) is 17.9. The third-order valence-corrected chi connectivity index (χ3v) is 4.34. The van der Waals surface area contributed by atoms with E-state index in [4.69, 9.17) is 9.47 Å². The van der Waals surface area contributed by atoms with Crippen molar-refractivity contribution in [2.24, 2.45) is 0 Å². The smallest absolute Gasteiger partial charge is 0.249 e. The van der Waals surface area contributed by atoms with E-state index in [1.54, 1.807) is 25.9 Å². The number of nitrogens with zero attached hydrogens (tertiary/aromatic N) is 1. The van der Waals surface area contributed by atoms with E-state index < -0.39 is 11.1 Å². The highest BCUT2D eigenvalue weighted by Crippen LogP contribution is 2.30. The number of hydrogen-bond donors (Lipinski definition) is 1. The molecule has 1 fully saturated rings. The Balaban J connectivity index is 2.80. The van der Waals surface area contributed by atoms with E-state index in [-0.39, 0.29) is 11.8 Å². The van der Waals surface area contributed by atoms with Crippen molar-refractivity contribution < 1.29 is 19.1 Å². The molecular formula is C15H28N2O4. The van der Waals surface area contributed by atoms with E-state index in [2.05, 4.69) is 5.32 Å². The summed E-state index contributed by atoms with van der Waals surface area (Å²) in [7, 11) is 1.61. The Hall–Kier alpha value is -1.14. The molecule has 0 aliphatic carbocycles. The quantitative estimate of drug-likeness (QED) is 0.678. The van der Waals surface area contributed by atoms with Crippen molar-refractivity contribution in [3.8, 4) is 0 Å². The van der Waals surface area contributed by atoms with Crippen LogP contribution in [0.1, 0.15) is 40.5 Å². The predicted molar refractivity (Wildman–Crippen MR) is 79.9 cm³/mol. The Morgan fingerprint density at radius 1 is 1.10 bits per heavy atom. The average molecular weight is 300 g/mol. The van der Waals surface area contributed by atoms with Gasteiger partial charge >= 0.3 is 0 Å². The minimum Gasteiger partial charge on any atom is -0.382 e. The molecule has 122 valence electrons. The average Bonchev–Trinajstić information content (AvgIpc) is 2.46. The van der Waals surface area contributed by atoms with Crippen molar-refractivity contribution in [3.05, 3.63) is 0 Å². The number of ether oxygens (including phenoxy) is 2. The third-order valence-electron chi connectivity index (χ3n) is 4.34. The van der Waals surface area contributed by atoms with Crippen LogP contribution in [0.2, 0.25) is 0 Å². The standard InChI is InChI=1S/C15H28N2O4/c1-6-15(7-2)13(19)17(8-9-21-11-10-20-5)14(3,4)12(18)16-15/h6-11H2,1-5H3,(H,16,18). The molecule has 1 saturated heterocycles. The lowest BCUT2D eigenvalue weighted by Gasteiger charge is -2.49. The molecule has 1 rings (SSSR count). The van der Waals surface area contributed by atoms with Crippen LogP contribution in [0, 0.1) is 0 Å². The molecule has 0 spiro atoms. The molecule has 0 atom stereocenters. The number of piperazine rings is 1. The van der Waals surface area contributed by atoms with Gasteiger partial charge in [0.15, 0.2) is 0 Å².